The van der Waals surface area contributed by atoms with Gasteiger partial charge in [0.2, 0.25) is 5.91 Å². The molecule has 1 fully saturated rings. The Balaban J connectivity index is 1.52. The van der Waals surface area contributed by atoms with Crippen molar-refractivity contribution >= 4 is 11.8 Å². The summed E-state index contributed by atoms with van der Waals surface area (Å²) in [4.78, 5) is 31.2. The Labute approximate surface area is 170 Å². The van der Waals surface area contributed by atoms with Crippen LogP contribution in [0.1, 0.15) is 41.9 Å². The third-order valence-corrected chi connectivity index (χ3v) is 5.37. The Morgan fingerprint density at radius 1 is 1.17 bits per heavy atom. The third kappa shape index (κ3) is 4.34. The molecule has 3 heterocycles. The Bertz CT molecular complexity index is 887. The van der Waals surface area contributed by atoms with Gasteiger partial charge < -0.3 is 19.7 Å². The topological polar surface area (TPSA) is 80.8 Å². The smallest absolute Gasteiger partial charge is 0.254 e. The lowest BCUT2D eigenvalue weighted by atomic mass is 9.88. The molecule has 2 amide bonds. The molecular formula is C22H25N3O4. The Morgan fingerprint density at radius 3 is 2.76 bits per heavy atom. The first-order chi connectivity index (χ1) is 14.1. The van der Waals surface area contributed by atoms with Gasteiger partial charge in [-0.3, -0.25) is 14.6 Å². The molecular weight excluding hydrogens is 370 g/mol. The van der Waals surface area contributed by atoms with E-state index < -0.39 is 0 Å². The lowest BCUT2D eigenvalue weighted by Crippen LogP contribution is -2.45. The van der Waals surface area contributed by atoms with Crippen molar-refractivity contribution < 1.29 is 19.1 Å². The number of rotatable bonds is 4. The summed E-state index contributed by atoms with van der Waals surface area (Å²) < 4.78 is 11.2. The van der Waals surface area contributed by atoms with Crippen LogP contribution in [0, 0.1) is 5.92 Å². The Morgan fingerprint density at radius 2 is 2.00 bits per heavy atom. The van der Waals surface area contributed by atoms with Gasteiger partial charge in [-0.15, -0.1) is 0 Å². The number of benzene rings is 1. The van der Waals surface area contributed by atoms with Crippen LogP contribution in [-0.4, -0.2) is 48.0 Å². The van der Waals surface area contributed by atoms with Crippen molar-refractivity contribution in [3.8, 4) is 11.5 Å². The second-order valence-corrected chi connectivity index (χ2v) is 7.44. The van der Waals surface area contributed by atoms with Gasteiger partial charge in [-0.05, 0) is 43.2 Å². The molecule has 0 aliphatic carbocycles. The monoisotopic (exact) mass is 395 g/mol. The fourth-order valence-electron chi connectivity index (χ4n) is 4.04. The van der Waals surface area contributed by atoms with E-state index in [1.807, 2.05) is 23.1 Å². The molecule has 7 heteroatoms. The van der Waals surface area contributed by atoms with E-state index in [0.717, 1.165) is 18.5 Å². The van der Waals surface area contributed by atoms with Crippen LogP contribution in [0.2, 0.25) is 0 Å². The summed E-state index contributed by atoms with van der Waals surface area (Å²) in [6.45, 7) is 3.77. The molecule has 1 saturated heterocycles. The number of fused-ring (bicyclic) bond motifs is 1. The van der Waals surface area contributed by atoms with Gasteiger partial charge in [0.05, 0.1) is 11.7 Å². The van der Waals surface area contributed by atoms with Crippen LogP contribution in [0.5, 0.6) is 11.5 Å². The van der Waals surface area contributed by atoms with Crippen molar-refractivity contribution in [3.63, 3.8) is 0 Å². The highest BCUT2D eigenvalue weighted by molar-refractivity contribution is 5.95. The molecule has 1 aromatic carbocycles. The van der Waals surface area contributed by atoms with Crippen LogP contribution in [0.4, 0.5) is 0 Å². The predicted molar refractivity (Wildman–Crippen MR) is 107 cm³/mol. The summed E-state index contributed by atoms with van der Waals surface area (Å²) in [6, 6.07) is 10.8. The summed E-state index contributed by atoms with van der Waals surface area (Å²) in [7, 11) is 0. The van der Waals surface area contributed by atoms with E-state index in [0.29, 0.717) is 43.4 Å². The van der Waals surface area contributed by atoms with Gasteiger partial charge >= 0.3 is 0 Å². The zero-order valence-corrected chi connectivity index (χ0v) is 16.5. The normalized spacial score (nSPS) is 19.3. The maximum absolute atomic E-state index is 13.1. The number of hydrogen-bond acceptors (Lipinski definition) is 5. The number of aromatic nitrogens is 1. The minimum Gasteiger partial charge on any atom is -0.486 e. The van der Waals surface area contributed by atoms with Crippen LogP contribution in [0.3, 0.4) is 0 Å². The first-order valence-electron chi connectivity index (χ1n) is 9.99. The highest BCUT2D eigenvalue weighted by Crippen LogP contribution is 2.33. The fraction of sp³-hybridized carbons (Fsp3) is 0.409. The molecule has 0 radical (unpaired) electrons. The summed E-state index contributed by atoms with van der Waals surface area (Å²) in [5.74, 6) is 1.25. The van der Waals surface area contributed by atoms with Crippen LogP contribution in [0.15, 0.2) is 42.6 Å². The second-order valence-electron chi connectivity index (χ2n) is 7.44. The van der Waals surface area contributed by atoms with Crippen molar-refractivity contribution in [1.29, 1.82) is 0 Å². The zero-order valence-electron chi connectivity index (χ0n) is 16.5. The summed E-state index contributed by atoms with van der Waals surface area (Å²) in [6.07, 6.45) is 3.53. The minimum absolute atomic E-state index is 0.0331. The second kappa shape index (κ2) is 8.51. The highest BCUT2D eigenvalue weighted by Gasteiger charge is 2.32. The average molecular weight is 395 g/mol. The number of nitrogens with zero attached hydrogens (tertiary/aromatic N) is 2. The van der Waals surface area contributed by atoms with E-state index in [-0.39, 0.29) is 23.8 Å². The van der Waals surface area contributed by atoms with E-state index in [1.54, 1.807) is 24.4 Å². The first kappa shape index (κ1) is 19.2. The van der Waals surface area contributed by atoms with E-state index in [2.05, 4.69) is 10.3 Å². The number of ether oxygens (including phenoxy) is 2. The highest BCUT2D eigenvalue weighted by atomic mass is 16.6. The van der Waals surface area contributed by atoms with Gasteiger partial charge in [0.15, 0.2) is 11.5 Å². The standard InChI is InChI=1S/C22H25N3O4/c1-15(26)24-21(18-6-2-3-9-23-18)17-5-4-10-25(14-17)22(27)16-7-8-19-20(13-16)29-12-11-28-19/h2-3,6-9,13,17,21H,4-5,10-12,14H2,1H3,(H,24,26)/t17-,21-/m0/s1. The quantitative estimate of drug-likeness (QED) is 0.861. The number of carbonyl (C=O) groups is 2. The van der Waals surface area contributed by atoms with Crippen molar-refractivity contribution in [3.05, 3.63) is 53.9 Å². The first-order valence-corrected chi connectivity index (χ1v) is 9.99. The van der Waals surface area contributed by atoms with Crippen molar-refractivity contribution in [1.82, 2.24) is 15.2 Å². The zero-order chi connectivity index (χ0) is 20.2. The number of pyridine rings is 1. The molecule has 2 aliphatic heterocycles. The molecule has 7 nitrogen and oxygen atoms in total. The molecule has 1 aromatic heterocycles. The SMILES string of the molecule is CC(=O)N[C@H](c1ccccn1)[C@H]1CCCN(C(=O)c2ccc3c(c2)OCCO3)C1. The molecule has 2 aromatic rings. The third-order valence-electron chi connectivity index (χ3n) is 5.37. The van der Waals surface area contributed by atoms with Gasteiger partial charge in [-0.25, -0.2) is 0 Å². The van der Waals surface area contributed by atoms with Crippen molar-refractivity contribution in [2.75, 3.05) is 26.3 Å². The minimum atomic E-state index is -0.218. The largest absolute Gasteiger partial charge is 0.486 e. The predicted octanol–water partition coefficient (Wildman–Crippen LogP) is 2.58. The number of nitrogens with one attached hydrogen (secondary N) is 1. The molecule has 2 atom stereocenters. The summed E-state index contributed by atoms with van der Waals surface area (Å²) in [5, 5.41) is 3.03. The molecule has 152 valence electrons. The van der Waals surface area contributed by atoms with E-state index >= 15 is 0 Å². The number of likely N-dealkylation sites (tertiary alicyclic amines) is 1. The molecule has 0 bridgehead atoms. The molecule has 2 aliphatic rings. The maximum Gasteiger partial charge on any atom is 0.254 e. The van der Waals surface area contributed by atoms with Gasteiger partial charge in [0.1, 0.15) is 13.2 Å². The Hall–Kier alpha value is -3.09. The number of hydrogen-bond donors (Lipinski definition) is 1. The molecule has 0 spiro atoms. The summed E-state index contributed by atoms with van der Waals surface area (Å²) >= 11 is 0. The fourth-order valence-corrected chi connectivity index (χ4v) is 4.04. The Kier molecular flexibility index (Phi) is 5.64. The molecule has 0 unspecified atom stereocenters. The van der Waals surface area contributed by atoms with Crippen molar-refractivity contribution in [2.45, 2.75) is 25.8 Å². The van der Waals surface area contributed by atoms with E-state index in [4.69, 9.17) is 9.47 Å². The van der Waals surface area contributed by atoms with Gasteiger partial charge in [0.25, 0.3) is 5.91 Å². The maximum atomic E-state index is 13.1. The molecule has 29 heavy (non-hydrogen) atoms. The van der Waals surface area contributed by atoms with Gasteiger partial charge in [0, 0.05) is 37.7 Å². The average Bonchev–Trinajstić information content (AvgIpc) is 2.77. The lowest BCUT2D eigenvalue weighted by molar-refractivity contribution is -0.120. The van der Waals surface area contributed by atoms with Gasteiger partial charge in [-0.2, -0.15) is 0 Å². The lowest BCUT2D eigenvalue weighted by Gasteiger charge is -2.37. The molecule has 1 N–H and O–H groups in total. The van der Waals surface area contributed by atoms with Crippen LogP contribution in [0.25, 0.3) is 0 Å². The molecule has 4 rings (SSSR count). The number of carbonyl (C=O) groups excluding carboxylic acids is 2. The van der Waals surface area contributed by atoms with Crippen LogP contribution >= 0.6 is 0 Å². The number of amides is 2. The van der Waals surface area contributed by atoms with Crippen molar-refractivity contribution in [2.24, 2.45) is 5.92 Å². The van der Waals surface area contributed by atoms with Crippen LogP contribution < -0.4 is 14.8 Å². The molecule has 0 saturated carbocycles. The van der Waals surface area contributed by atoms with E-state index in [9.17, 15) is 9.59 Å². The number of piperidine rings is 1. The van der Waals surface area contributed by atoms with Crippen LogP contribution in [-0.2, 0) is 4.79 Å². The summed E-state index contributed by atoms with van der Waals surface area (Å²) in [5.41, 5.74) is 1.41. The van der Waals surface area contributed by atoms with E-state index in [1.165, 1.54) is 6.92 Å². The van der Waals surface area contributed by atoms with Gasteiger partial charge in [-0.1, -0.05) is 6.07 Å².